The van der Waals surface area contributed by atoms with E-state index in [4.69, 9.17) is 0 Å². The molecule has 0 aliphatic carbocycles. The number of nitrogens with zero attached hydrogens (tertiary/aromatic N) is 1. The Labute approximate surface area is 253 Å². The van der Waals surface area contributed by atoms with E-state index >= 15 is 0 Å². The van der Waals surface area contributed by atoms with Gasteiger partial charge in [0.1, 0.15) is 0 Å². The summed E-state index contributed by atoms with van der Waals surface area (Å²) in [4.78, 5) is 28.1. The Balaban J connectivity index is 1.10. The first-order valence-corrected chi connectivity index (χ1v) is 16.0. The van der Waals surface area contributed by atoms with Crippen molar-refractivity contribution in [1.82, 2.24) is 15.5 Å². The molecule has 5 heteroatoms. The van der Waals surface area contributed by atoms with Gasteiger partial charge in [-0.1, -0.05) is 80.1 Å². The number of carbonyl (C=O) groups excluding carboxylic acids is 2. The number of benzene rings is 3. The zero-order chi connectivity index (χ0) is 29.7. The smallest absolute Gasteiger partial charge is 0.252 e. The number of rotatable bonds is 14. The quantitative estimate of drug-likeness (QED) is 0.208. The van der Waals surface area contributed by atoms with Crippen LogP contribution in [0, 0.1) is 6.92 Å². The highest BCUT2D eigenvalue weighted by atomic mass is 16.2. The SMILES string of the molecule is CCc1cccc(CC)c1CCCC(=O)NCCCCN1CCC(NC(=O)c2ccccc2-c2ccc(C)cc2)CC1. The minimum Gasteiger partial charge on any atom is -0.356 e. The van der Waals surface area contributed by atoms with Gasteiger partial charge in [0.15, 0.2) is 0 Å². The molecule has 1 aliphatic rings. The normalized spacial score (nSPS) is 14.1. The van der Waals surface area contributed by atoms with Gasteiger partial charge in [-0.2, -0.15) is 0 Å². The Morgan fingerprint density at radius 3 is 2.21 bits per heavy atom. The van der Waals surface area contributed by atoms with Crippen LogP contribution in [-0.2, 0) is 24.1 Å². The lowest BCUT2D eigenvalue weighted by Gasteiger charge is -2.32. The molecule has 4 rings (SSSR count). The average Bonchev–Trinajstić information content (AvgIpc) is 3.02. The number of amides is 2. The van der Waals surface area contributed by atoms with Gasteiger partial charge in [0.05, 0.1) is 0 Å². The van der Waals surface area contributed by atoms with Crippen LogP contribution in [0.4, 0.5) is 0 Å². The summed E-state index contributed by atoms with van der Waals surface area (Å²) < 4.78 is 0. The Bertz CT molecular complexity index is 1270. The molecular weight excluding hydrogens is 518 g/mol. The van der Waals surface area contributed by atoms with Crippen molar-refractivity contribution in [3.63, 3.8) is 0 Å². The first-order valence-electron chi connectivity index (χ1n) is 16.0. The number of hydrogen-bond acceptors (Lipinski definition) is 3. The number of likely N-dealkylation sites (tertiary alicyclic amines) is 1. The fourth-order valence-electron chi connectivity index (χ4n) is 6.10. The predicted molar refractivity (Wildman–Crippen MR) is 174 cm³/mol. The van der Waals surface area contributed by atoms with Gasteiger partial charge in [0, 0.05) is 37.7 Å². The van der Waals surface area contributed by atoms with E-state index in [0.717, 1.165) is 94.2 Å². The molecule has 3 aromatic carbocycles. The van der Waals surface area contributed by atoms with Crippen LogP contribution in [0.1, 0.15) is 85.0 Å². The van der Waals surface area contributed by atoms with Crippen LogP contribution in [0.3, 0.4) is 0 Å². The van der Waals surface area contributed by atoms with Gasteiger partial charge in [-0.15, -0.1) is 0 Å². The Hall–Kier alpha value is -3.44. The average molecular weight is 568 g/mol. The van der Waals surface area contributed by atoms with E-state index in [1.807, 2.05) is 24.3 Å². The third kappa shape index (κ3) is 9.03. The summed E-state index contributed by atoms with van der Waals surface area (Å²) in [5.74, 6) is 0.184. The molecule has 1 aliphatic heterocycles. The third-order valence-corrected chi connectivity index (χ3v) is 8.64. The van der Waals surface area contributed by atoms with Crippen LogP contribution in [0.5, 0.6) is 0 Å². The lowest BCUT2D eigenvalue weighted by molar-refractivity contribution is -0.121. The number of hydrogen-bond donors (Lipinski definition) is 2. The Morgan fingerprint density at radius 1 is 0.833 bits per heavy atom. The van der Waals surface area contributed by atoms with E-state index in [0.29, 0.717) is 6.42 Å². The summed E-state index contributed by atoms with van der Waals surface area (Å²) in [6.45, 7) is 10.3. The van der Waals surface area contributed by atoms with E-state index in [9.17, 15) is 9.59 Å². The van der Waals surface area contributed by atoms with Crippen molar-refractivity contribution in [2.75, 3.05) is 26.2 Å². The van der Waals surface area contributed by atoms with E-state index in [2.05, 4.69) is 78.8 Å². The minimum absolute atomic E-state index is 0.0146. The summed E-state index contributed by atoms with van der Waals surface area (Å²) in [7, 11) is 0. The number of nitrogens with one attached hydrogen (secondary N) is 2. The number of aryl methyl sites for hydroxylation is 3. The zero-order valence-corrected chi connectivity index (χ0v) is 25.9. The van der Waals surface area contributed by atoms with Gasteiger partial charge in [-0.3, -0.25) is 9.59 Å². The van der Waals surface area contributed by atoms with E-state index < -0.39 is 0 Å². The molecule has 0 atom stereocenters. The highest BCUT2D eigenvalue weighted by Gasteiger charge is 2.22. The van der Waals surface area contributed by atoms with Gasteiger partial charge in [0.2, 0.25) is 5.91 Å². The number of carbonyl (C=O) groups is 2. The van der Waals surface area contributed by atoms with Gasteiger partial charge < -0.3 is 15.5 Å². The molecule has 2 amide bonds. The highest BCUT2D eigenvalue weighted by molar-refractivity contribution is 6.01. The Morgan fingerprint density at radius 2 is 1.52 bits per heavy atom. The Kier molecular flexibility index (Phi) is 12.2. The van der Waals surface area contributed by atoms with Gasteiger partial charge in [-0.25, -0.2) is 0 Å². The first kappa shape index (κ1) is 31.5. The fraction of sp³-hybridized carbons (Fsp3) is 0.459. The second-order valence-corrected chi connectivity index (χ2v) is 11.7. The maximum absolute atomic E-state index is 13.2. The molecule has 2 N–H and O–H groups in total. The van der Waals surface area contributed by atoms with Crippen molar-refractivity contribution >= 4 is 11.8 Å². The molecule has 224 valence electrons. The molecule has 0 spiro atoms. The van der Waals surface area contributed by atoms with E-state index in [1.165, 1.54) is 22.3 Å². The number of unbranched alkanes of at least 4 members (excludes halogenated alkanes) is 1. The molecule has 1 fully saturated rings. The van der Waals surface area contributed by atoms with Crippen molar-refractivity contribution in [3.8, 4) is 11.1 Å². The molecule has 42 heavy (non-hydrogen) atoms. The molecule has 3 aromatic rings. The van der Waals surface area contributed by atoms with Crippen LogP contribution in [0.2, 0.25) is 0 Å². The molecule has 1 heterocycles. The largest absolute Gasteiger partial charge is 0.356 e. The summed E-state index contributed by atoms with van der Waals surface area (Å²) in [5, 5.41) is 6.41. The molecule has 0 bridgehead atoms. The molecule has 0 aromatic heterocycles. The van der Waals surface area contributed by atoms with Crippen molar-refractivity contribution in [2.24, 2.45) is 0 Å². The van der Waals surface area contributed by atoms with Gasteiger partial charge in [0.25, 0.3) is 5.91 Å². The van der Waals surface area contributed by atoms with Crippen molar-refractivity contribution in [3.05, 3.63) is 94.5 Å². The molecular formula is C37H49N3O2. The minimum atomic E-state index is 0.0146. The van der Waals surface area contributed by atoms with Crippen LogP contribution in [-0.4, -0.2) is 48.9 Å². The maximum Gasteiger partial charge on any atom is 0.252 e. The topological polar surface area (TPSA) is 61.4 Å². The third-order valence-electron chi connectivity index (χ3n) is 8.64. The molecule has 0 saturated carbocycles. The van der Waals surface area contributed by atoms with Crippen LogP contribution in [0.15, 0.2) is 66.7 Å². The van der Waals surface area contributed by atoms with Crippen LogP contribution < -0.4 is 10.6 Å². The molecule has 0 radical (unpaired) electrons. The predicted octanol–water partition coefficient (Wildman–Crippen LogP) is 6.90. The molecule has 0 unspecified atom stereocenters. The van der Waals surface area contributed by atoms with Gasteiger partial charge in [-0.05, 0) is 98.7 Å². The van der Waals surface area contributed by atoms with Crippen molar-refractivity contribution < 1.29 is 9.59 Å². The lowest BCUT2D eigenvalue weighted by Crippen LogP contribution is -2.45. The second kappa shape index (κ2) is 16.3. The monoisotopic (exact) mass is 567 g/mol. The summed E-state index contributed by atoms with van der Waals surface area (Å²) >= 11 is 0. The second-order valence-electron chi connectivity index (χ2n) is 11.7. The number of piperidine rings is 1. The summed E-state index contributed by atoms with van der Waals surface area (Å²) in [6, 6.07) is 23.0. The fourth-order valence-corrected chi connectivity index (χ4v) is 6.10. The summed E-state index contributed by atoms with van der Waals surface area (Å²) in [5.41, 5.74) is 8.29. The van der Waals surface area contributed by atoms with Crippen LogP contribution >= 0.6 is 0 Å². The standard InChI is InChI=1S/C37H49N3O2/c1-4-29-12-10-13-30(5-2)33(29)16-11-17-36(41)38-24-8-9-25-40-26-22-32(23-27-40)39-37(42)35-15-7-6-14-34(35)31-20-18-28(3)19-21-31/h6-7,10,12-15,18-21,32H,4-5,8-9,11,16-17,22-27H2,1-3H3,(H,38,41)(H,39,42). The van der Waals surface area contributed by atoms with Crippen molar-refractivity contribution in [2.45, 2.75) is 84.6 Å². The van der Waals surface area contributed by atoms with E-state index in [1.54, 1.807) is 0 Å². The lowest BCUT2D eigenvalue weighted by atomic mass is 9.93. The summed E-state index contributed by atoms with van der Waals surface area (Å²) in [6.07, 6.45) is 8.58. The van der Waals surface area contributed by atoms with Crippen LogP contribution in [0.25, 0.3) is 11.1 Å². The molecule has 1 saturated heterocycles. The zero-order valence-electron chi connectivity index (χ0n) is 25.9. The first-order chi connectivity index (χ1) is 20.5. The highest BCUT2D eigenvalue weighted by Crippen LogP contribution is 2.25. The van der Waals surface area contributed by atoms with E-state index in [-0.39, 0.29) is 17.9 Å². The molecule has 5 nitrogen and oxygen atoms in total. The van der Waals surface area contributed by atoms with Gasteiger partial charge >= 0.3 is 0 Å². The van der Waals surface area contributed by atoms with Crippen molar-refractivity contribution in [1.29, 1.82) is 0 Å². The maximum atomic E-state index is 13.2.